The highest BCUT2D eigenvalue weighted by Gasteiger charge is 2.33. The highest BCUT2D eigenvalue weighted by molar-refractivity contribution is 7.53. The number of phenolic OH excluding ortho intramolecular Hbond substituents is 1. The van der Waals surface area contributed by atoms with Crippen molar-refractivity contribution in [2.24, 2.45) is 0 Å². The zero-order chi connectivity index (χ0) is 47.8. The van der Waals surface area contributed by atoms with Crippen LogP contribution >= 0.6 is 15.2 Å². The molecule has 2 aromatic carbocycles. The molecule has 2 aliphatic rings. The number of phenols is 1. The molecule has 360 valence electrons. The maximum Gasteiger partial charge on any atom is 0.342 e. The fraction of sp³-hybridized carbons (Fsp3) is 0.633. The number of esters is 2. The number of aromatic hydroxyl groups is 1. The van der Waals surface area contributed by atoms with Crippen LogP contribution in [0.4, 0.5) is 0 Å². The molecular weight excluding hydrogens is 871 g/mol. The molecule has 0 aromatic heterocycles. The molecule has 3 N–H and O–H groups in total. The second kappa shape index (κ2) is 25.8. The van der Waals surface area contributed by atoms with Crippen molar-refractivity contribution in [2.75, 3.05) is 32.1 Å². The van der Waals surface area contributed by atoms with E-state index in [0.717, 1.165) is 109 Å². The number of rotatable bonds is 26. The summed E-state index contributed by atoms with van der Waals surface area (Å²) in [7, 11) is -8.20. The Labute approximate surface area is 384 Å². The lowest BCUT2D eigenvalue weighted by Gasteiger charge is -2.22. The first-order chi connectivity index (χ1) is 30.2. The predicted octanol–water partition coefficient (Wildman–Crippen LogP) is 12.4. The summed E-state index contributed by atoms with van der Waals surface area (Å²) in [4.78, 5) is 42.6. The van der Waals surface area contributed by atoms with Crippen molar-refractivity contribution in [3.8, 4) is 11.5 Å². The van der Waals surface area contributed by atoms with E-state index >= 15 is 0 Å². The monoisotopic (exact) mass is 948 g/mol. The predicted molar refractivity (Wildman–Crippen MR) is 259 cm³/mol. The summed E-state index contributed by atoms with van der Waals surface area (Å²) in [6, 6.07) is 1.04. The fourth-order valence-corrected chi connectivity index (χ4v) is 11.6. The van der Waals surface area contributed by atoms with Crippen molar-refractivity contribution in [3.63, 3.8) is 0 Å². The van der Waals surface area contributed by atoms with Gasteiger partial charge in [0, 0.05) is 36.5 Å². The number of unbranched alkanes of at least 4 members (excludes halogenated alkanes) is 2. The Morgan fingerprint density at radius 1 is 0.688 bits per heavy atom. The van der Waals surface area contributed by atoms with E-state index < -0.39 is 29.2 Å². The molecule has 2 aromatic rings. The number of carbonyl (C=O) groups excluding carboxylic acids is 2. The first-order valence-corrected chi connectivity index (χ1v) is 30.7. The van der Waals surface area contributed by atoms with E-state index in [2.05, 4.69) is 52.6 Å². The lowest BCUT2D eigenvalue weighted by Crippen LogP contribution is -2.23. The Bertz CT molecular complexity index is 2070. The fourth-order valence-electron chi connectivity index (χ4n) is 8.51. The molecule has 0 atom stereocenters. The maximum absolute atomic E-state index is 12.7. The lowest BCUT2D eigenvalue weighted by atomic mass is 9.88. The number of allylic oxidation sites excluding steroid dienone is 4. The number of hydrogen-bond donors (Lipinski definition) is 3. The summed E-state index contributed by atoms with van der Waals surface area (Å²) < 4.78 is 51.5. The van der Waals surface area contributed by atoms with Gasteiger partial charge in [0.25, 0.3) is 0 Å². The number of hydrogen-bond acceptors (Lipinski definition) is 10. The van der Waals surface area contributed by atoms with Gasteiger partial charge in [0.15, 0.2) is 0 Å². The summed E-state index contributed by atoms with van der Waals surface area (Å²) in [5.41, 5.74) is 11.6. The summed E-state index contributed by atoms with van der Waals surface area (Å²) >= 11 is 0. The third-order valence-electron chi connectivity index (χ3n) is 12.2. The van der Waals surface area contributed by atoms with Gasteiger partial charge in [0.2, 0.25) is 0 Å². The number of carbonyl (C=O) groups is 2. The van der Waals surface area contributed by atoms with Crippen molar-refractivity contribution in [2.45, 2.75) is 171 Å². The average Bonchev–Trinajstić information content (AvgIpc) is 3.82. The van der Waals surface area contributed by atoms with E-state index in [0.29, 0.717) is 63.0 Å². The van der Waals surface area contributed by atoms with Gasteiger partial charge in [0.05, 0.1) is 26.0 Å². The van der Waals surface area contributed by atoms with Crippen LogP contribution in [-0.4, -0.2) is 67.1 Å². The Balaban J connectivity index is 0.000000357. The topological polar surface area (TPSA) is 175 Å². The lowest BCUT2D eigenvalue weighted by molar-refractivity contribution is 0.0523. The Morgan fingerprint density at radius 2 is 1.16 bits per heavy atom. The molecular formula is C49H78O12P2Si. The largest absolute Gasteiger partial charge is 0.507 e. The minimum Gasteiger partial charge on any atom is -0.507 e. The van der Waals surface area contributed by atoms with Crippen LogP contribution in [-0.2, 0) is 66.5 Å². The van der Waals surface area contributed by atoms with Crippen molar-refractivity contribution >= 4 is 35.2 Å². The van der Waals surface area contributed by atoms with Crippen molar-refractivity contribution in [3.05, 3.63) is 78.9 Å². The Kier molecular flexibility index (Phi) is 22.3. The Morgan fingerprint density at radius 3 is 1.62 bits per heavy atom. The molecule has 0 saturated heterocycles. The van der Waals surface area contributed by atoms with Crippen LogP contribution in [0.25, 0.3) is 0 Å². The van der Waals surface area contributed by atoms with Gasteiger partial charge in [-0.2, -0.15) is 0 Å². The summed E-state index contributed by atoms with van der Waals surface area (Å²) in [5.74, 6) is 0.0341. The summed E-state index contributed by atoms with van der Waals surface area (Å²) in [5, 5.41) is 10.7. The van der Waals surface area contributed by atoms with Gasteiger partial charge >= 0.3 is 27.1 Å². The minimum absolute atomic E-state index is 0.0307. The second-order valence-corrected chi connectivity index (χ2v) is 27.5. The van der Waals surface area contributed by atoms with Crippen LogP contribution in [0.2, 0.25) is 25.7 Å². The zero-order valence-electron chi connectivity index (χ0n) is 40.7. The van der Waals surface area contributed by atoms with Crippen LogP contribution < -0.4 is 4.74 Å². The van der Waals surface area contributed by atoms with E-state index in [1.165, 1.54) is 16.7 Å². The molecule has 2 heterocycles. The highest BCUT2D eigenvalue weighted by Crippen LogP contribution is 2.49. The molecule has 0 amide bonds. The van der Waals surface area contributed by atoms with Gasteiger partial charge in [0.1, 0.15) is 35.8 Å². The summed E-state index contributed by atoms with van der Waals surface area (Å²) in [6.07, 6.45) is 14.0. The van der Waals surface area contributed by atoms with Crippen LogP contribution in [0.3, 0.4) is 0 Å². The maximum atomic E-state index is 12.7. The molecule has 0 aliphatic carbocycles. The quantitative estimate of drug-likeness (QED) is 0.0268. The van der Waals surface area contributed by atoms with Crippen LogP contribution in [0.1, 0.15) is 158 Å². The molecule has 0 saturated carbocycles. The molecule has 12 nitrogen and oxygen atoms in total. The first kappa shape index (κ1) is 55.3. The van der Waals surface area contributed by atoms with Crippen molar-refractivity contribution in [1.29, 1.82) is 0 Å². The van der Waals surface area contributed by atoms with Gasteiger partial charge < -0.3 is 38.2 Å². The normalized spacial score (nSPS) is 14.3. The van der Waals surface area contributed by atoms with Crippen molar-refractivity contribution < 1.29 is 56.9 Å². The first-order valence-electron chi connectivity index (χ1n) is 23.5. The third-order valence-corrected chi connectivity index (χ3v) is 17.0. The average molecular weight is 949 g/mol. The van der Waals surface area contributed by atoms with E-state index in [1.54, 1.807) is 0 Å². The Hall–Kier alpha value is -3.02. The van der Waals surface area contributed by atoms with E-state index in [9.17, 15) is 23.8 Å². The van der Waals surface area contributed by atoms with Gasteiger partial charge in [-0.15, -0.1) is 0 Å². The van der Waals surface area contributed by atoms with E-state index in [-0.39, 0.29) is 24.5 Å². The smallest absolute Gasteiger partial charge is 0.342 e. The van der Waals surface area contributed by atoms with Crippen LogP contribution in [0.15, 0.2) is 23.3 Å². The number of fused-ring (bicyclic) bond motifs is 2. The molecule has 15 heteroatoms. The number of cyclic esters (lactones) is 2. The molecule has 0 fully saturated rings. The van der Waals surface area contributed by atoms with Crippen molar-refractivity contribution in [1.82, 2.24) is 0 Å². The van der Waals surface area contributed by atoms with Crippen LogP contribution in [0, 0.1) is 13.8 Å². The zero-order valence-corrected chi connectivity index (χ0v) is 43.5. The van der Waals surface area contributed by atoms with Crippen LogP contribution in [0.5, 0.6) is 11.5 Å². The standard InChI is InChI=1S/C29H49O6PSi.C20H29O6P/c1-9-23(15-13-14-19-36(31,34-11-3)35-12-4)16-17-25-24(10-2)22(5)26-21-33-29(30)27(26)28(25)32-18-20-37(6,7)8;1-4-14(8-6-7-11-27(23,24)25)9-10-16-15(5-2)13(3)17-12-26-20(22)18(17)19(16)21/h16H,9-15,17-21H2,1-8H3;9,21H,4-8,10-12H2,1-3H3,(H2,23,24,25)/b23-16+;14-9+. The van der Waals surface area contributed by atoms with E-state index in [4.69, 9.17) is 33.0 Å². The molecule has 64 heavy (non-hydrogen) atoms. The minimum atomic E-state index is -3.93. The van der Waals surface area contributed by atoms with E-state index in [1.807, 2.05) is 34.6 Å². The summed E-state index contributed by atoms with van der Waals surface area (Å²) in [6.45, 7) is 25.1. The number of ether oxygens (including phenoxy) is 3. The second-order valence-electron chi connectivity index (χ2n) is 17.9. The van der Waals surface area contributed by atoms with Gasteiger partial charge in [-0.1, -0.05) is 70.6 Å². The van der Waals surface area contributed by atoms with Gasteiger partial charge in [-0.25, -0.2) is 9.59 Å². The molecule has 0 spiro atoms. The number of benzene rings is 2. The van der Waals surface area contributed by atoms with Gasteiger partial charge in [-0.05, 0) is 133 Å². The molecule has 0 bridgehead atoms. The highest BCUT2D eigenvalue weighted by atomic mass is 31.2. The molecule has 2 aliphatic heterocycles. The molecule has 4 rings (SSSR count). The SMILES string of the molecule is CC/C(=C\Cc1c(O)c2c(c(C)c1CC)COC2=O)CCCCP(=O)(O)O.CCOP(=O)(CCCC/C(=C/Cc1c(CC)c(C)c2c(c1OCC[Si](C)(C)C)C(=O)OC2)CC)OCC. The molecule has 0 unspecified atom stereocenters. The van der Waals surface area contributed by atoms with Gasteiger partial charge in [-0.3, -0.25) is 9.13 Å². The molecule has 0 radical (unpaired) electrons. The third kappa shape index (κ3) is 15.8.